The Kier molecular flexibility index (Phi) is 2.87. The third-order valence-corrected chi connectivity index (χ3v) is 4.72. The molecule has 2 bridgehead atoms. The molecule has 3 aliphatic rings. The number of piperidine rings is 1. The molecule has 2 N–H and O–H groups in total. The van der Waals surface area contributed by atoms with Crippen LogP contribution in [0, 0.1) is 5.92 Å². The van der Waals surface area contributed by atoms with Crippen LogP contribution in [0.15, 0.2) is 0 Å². The van der Waals surface area contributed by atoms with Crippen molar-refractivity contribution in [2.75, 3.05) is 6.61 Å². The Bertz CT molecular complexity index is 307. The summed E-state index contributed by atoms with van der Waals surface area (Å²) < 4.78 is 5.52. The molecule has 3 rings (SSSR count). The van der Waals surface area contributed by atoms with E-state index >= 15 is 0 Å². The Balaban J connectivity index is 1.74. The van der Waals surface area contributed by atoms with Crippen LogP contribution in [0.25, 0.3) is 0 Å². The first kappa shape index (κ1) is 11.5. The minimum Gasteiger partial charge on any atom is -0.378 e. The van der Waals surface area contributed by atoms with Gasteiger partial charge in [0.2, 0.25) is 5.91 Å². The Morgan fingerprint density at radius 1 is 1.24 bits per heavy atom. The molecule has 0 saturated carbocycles. The van der Waals surface area contributed by atoms with Crippen LogP contribution in [0.1, 0.15) is 39.0 Å². The first-order chi connectivity index (χ1) is 8.16. The molecule has 3 aliphatic heterocycles. The predicted octanol–water partition coefficient (Wildman–Crippen LogP) is 0.892. The van der Waals surface area contributed by atoms with Crippen molar-refractivity contribution in [3.05, 3.63) is 0 Å². The van der Waals surface area contributed by atoms with E-state index in [1.54, 1.807) is 0 Å². The van der Waals surface area contributed by atoms with E-state index in [0.29, 0.717) is 24.0 Å². The van der Waals surface area contributed by atoms with Gasteiger partial charge in [-0.25, -0.2) is 0 Å². The highest BCUT2D eigenvalue weighted by Crippen LogP contribution is 2.37. The summed E-state index contributed by atoms with van der Waals surface area (Å²) in [5, 5.41) is 0. The smallest absolute Gasteiger partial charge is 0.228 e. The Morgan fingerprint density at radius 2 is 1.88 bits per heavy atom. The standard InChI is InChI=1S/C13H22N2O2/c1-8-12(4-5-17-8)13(16)15-10-2-3-11(15)7-9(14)6-10/h8-12H,2-7,14H2,1H3. The number of amides is 1. The normalized spacial score (nSPS) is 45.3. The van der Waals surface area contributed by atoms with Crippen LogP contribution in [0.4, 0.5) is 0 Å². The van der Waals surface area contributed by atoms with Crippen molar-refractivity contribution < 1.29 is 9.53 Å². The first-order valence-corrected chi connectivity index (χ1v) is 6.86. The van der Waals surface area contributed by atoms with E-state index in [1.165, 1.54) is 0 Å². The van der Waals surface area contributed by atoms with Crippen LogP contribution >= 0.6 is 0 Å². The number of carbonyl (C=O) groups excluding carboxylic acids is 1. The van der Waals surface area contributed by atoms with Crippen molar-refractivity contribution in [3.63, 3.8) is 0 Å². The Labute approximate surface area is 102 Å². The van der Waals surface area contributed by atoms with Crippen molar-refractivity contribution in [3.8, 4) is 0 Å². The number of hydrogen-bond acceptors (Lipinski definition) is 3. The molecule has 3 heterocycles. The highest BCUT2D eigenvalue weighted by atomic mass is 16.5. The van der Waals surface area contributed by atoms with Crippen LogP contribution in [0.2, 0.25) is 0 Å². The zero-order valence-corrected chi connectivity index (χ0v) is 10.5. The van der Waals surface area contributed by atoms with Gasteiger partial charge in [-0.3, -0.25) is 4.79 Å². The van der Waals surface area contributed by atoms with Crippen LogP contribution in [0.3, 0.4) is 0 Å². The summed E-state index contributed by atoms with van der Waals surface area (Å²) in [5.41, 5.74) is 6.04. The molecule has 0 radical (unpaired) electrons. The molecular weight excluding hydrogens is 216 g/mol. The van der Waals surface area contributed by atoms with Gasteiger partial charge in [0.05, 0.1) is 12.0 Å². The van der Waals surface area contributed by atoms with Gasteiger partial charge in [0, 0.05) is 24.7 Å². The van der Waals surface area contributed by atoms with Gasteiger partial charge < -0.3 is 15.4 Å². The van der Waals surface area contributed by atoms with Crippen LogP contribution in [-0.2, 0) is 9.53 Å². The average molecular weight is 238 g/mol. The van der Waals surface area contributed by atoms with Gasteiger partial charge in [0.1, 0.15) is 0 Å². The monoisotopic (exact) mass is 238 g/mol. The molecule has 4 nitrogen and oxygen atoms in total. The molecule has 1 amide bonds. The van der Waals surface area contributed by atoms with Gasteiger partial charge in [-0.1, -0.05) is 0 Å². The molecule has 0 aromatic heterocycles. The van der Waals surface area contributed by atoms with E-state index in [4.69, 9.17) is 10.5 Å². The van der Waals surface area contributed by atoms with Gasteiger partial charge in [-0.2, -0.15) is 0 Å². The fraction of sp³-hybridized carbons (Fsp3) is 0.923. The van der Waals surface area contributed by atoms with E-state index < -0.39 is 0 Å². The maximum Gasteiger partial charge on any atom is 0.228 e. The lowest BCUT2D eigenvalue weighted by Gasteiger charge is -2.39. The van der Waals surface area contributed by atoms with E-state index in [0.717, 1.165) is 38.7 Å². The summed E-state index contributed by atoms with van der Waals surface area (Å²) in [4.78, 5) is 14.7. The second kappa shape index (κ2) is 4.25. The topological polar surface area (TPSA) is 55.6 Å². The number of ether oxygens (including phenoxy) is 1. The summed E-state index contributed by atoms with van der Waals surface area (Å²) in [7, 11) is 0. The van der Waals surface area contributed by atoms with Gasteiger partial charge in [0.25, 0.3) is 0 Å². The third kappa shape index (κ3) is 1.87. The highest BCUT2D eigenvalue weighted by Gasteiger charge is 2.45. The van der Waals surface area contributed by atoms with E-state index in [1.807, 2.05) is 6.92 Å². The molecule has 0 aromatic rings. The Morgan fingerprint density at radius 3 is 2.41 bits per heavy atom. The third-order valence-electron chi connectivity index (χ3n) is 4.72. The first-order valence-electron chi connectivity index (χ1n) is 6.86. The second-order valence-electron chi connectivity index (χ2n) is 5.83. The molecular formula is C13H22N2O2. The number of carbonyl (C=O) groups is 1. The largest absolute Gasteiger partial charge is 0.378 e. The van der Waals surface area contributed by atoms with Crippen LogP contribution in [0.5, 0.6) is 0 Å². The molecule has 3 saturated heterocycles. The van der Waals surface area contributed by atoms with Gasteiger partial charge in [0.15, 0.2) is 0 Å². The summed E-state index contributed by atoms with van der Waals surface area (Å²) >= 11 is 0. The van der Waals surface area contributed by atoms with Crippen molar-refractivity contribution in [1.29, 1.82) is 0 Å². The zero-order chi connectivity index (χ0) is 12.0. The van der Waals surface area contributed by atoms with Crippen molar-refractivity contribution in [2.24, 2.45) is 11.7 Å². The molecule has 0 spiro atoms. The van der Waals surface area contributed by atoms with Crippen molar-refractivity contribution in [1.82, 2.24) is 4.90 Å². The minimum absolute atomic E-state index is 0.0902. The maximum atomic E-state index is 12.6. The molecule has 17 heavy (non-hydrogen) atoms. The number of hydrogen-bond donors (Lipinski definition) is 1. The summed E-state index contributed by atoms with van der Waals surface area (Å²) in [5.74, 6) is 0.418. The van der Waals surface area contributed by atoms with Crippen molar-refractivity contribution >= 4 is 5.91 Å². The van der Waals surface area contributed by atoms with Crippen LogP contribution < -0.4 is 5.73 Å². The molecule has 96 valence electrons. The zero-order valence-electron chi connectivity index (χ0n) is 10.5. The van der Waals surface area contributed by atoms with Gasteiger partial charge in [-0.05, 0) is 39.0 Å². The van der Waals surface area contributed by atoms with E-state index in [9.17, 15) is 4.79 Å². The lowest BCUT2D eigenvalue weighted by molar-refractivity contribution is -0.141. The maximum absolute atomic E-state index is 12.6. The molecule has 4 unspecified atom stereocenters. The number of nitrogens with zero attached hydrogens (tertiary/aromatic N) is 1. The number of fused-ring (bicyclic) bond motifs is 2. The van der Waals surface area contributed by atoms with E-state index in [-0.39, 0.29) is 12.0 Å². The average Bonchev–Trinajstić information content (AvgIpc) is 2.81. The SMILES string of the molecule is CC1OCCC1C(=O)N1C2CCC1CC(N)C2. The van der Waals surface area contributed by atoms with Crippen molar-refractivity contribution in [2.45, 2.75) is 63.3 Å². The molecule has 4 atom stereocenters. The molecule has 0 aliphatic carbocycles. The van der Waals surface area contributed by atoms with E-state index in [2.05, 4.69) is 4.90 Å². The number of rotatable bonds is 1. The lowest BCUT2D eigenvalue weighted by atomic mass is 9.94. The van der Waals surface area contributed by atoms with Gasteiger partial charge in [-0.15, -0.1) is 0 Å². The summed E-state index contributed by atoms with van der Waals surface area (Å²) in [6, 6.07) is 1.11. The molecule has 3 fully saturated rings. The van der Waals surface area contributed by atoms with Gasteiger partial charge >= 0.3 is 0 Å². The molecule has 0 aromatic carbocycles. The summed E-state index contributed by atoms with van der Waals surface area (Å²) in [6.07, 6.45) is 5.26. The van der Waals surface area contributed by atoms with Crippen LogP contribution in [-0.4, -0.2) is 41.6 Å². The predicted molar refractivity (Wildman–Crippen MR) is 64.4 cm³/mol. The minimum atomic E-state index is 0.0902. The lowest BCUT2D eigenvalue weighted by Crippen LogP contribution is -2.52. The quantitative estimate of drug-likeness (QED) is 0.738. The second-order valence-corrected chi connectivity index (χ2v) is 5.83. The fourth-order valence-corrected chi connectivity index (χ4v) is 3.83. The fourth-order valence-electron chi connectivity index (χ4n) is 3.83. The highest BCUT2D eigenvalue weighted by molar-refractivity contribution is 5.80. The Hall–Kier alpha value is -0.610. The molecule has 4 heteroatoms. The summed E-state index contributed by atoms with van der Waals surface area (Å²) in [6.45, 7) is 2.76. The number of nitrogens with two attached hydrogens (primary N) is 1.